The Morgan fingerprint density at radius 3 is 2.60 bits per heavy atom. The smallest absolute Gasteiger partial charge is 0.251 e. The molecule has 2 fully saturated rings. The number of nitrogens with one attached hydrogen (secondary N) is 2. The molecule has 3 aromatic rings. The van der Waals surface area contributed by atoms with Crippen molar-refractivity contribution in [2.75, 3.05) is 56.7 Å². The highest BCUT2D eigenvalue weighted by Crippen LogP contribution is 2.37. The molecule has 10 heteroatoms. The van der Waals surface area contributed by atoms with Crippen molar-refractivity contribution >= 4 is 28.5 Å². The predicted octanol–water partition coefficient (Wildman–Crippen LogP) is 4.81. The van der Waals surface area contributed by atoms with Crippen LogP contribution in [0.1, 0.15) is 32.1 Å². The number of hydrogen-bond donors (Lipinski definition) is 2. The van der Waals surface area contributed by atoms with Gasteiger partial charge in [0.05, 0.1) is 19.2 Å². The van der Waals surface area contributed by atoms with Crippen LogP contribution < -0.4 is 19.7 Å². The van der Waals surface area contributed by atoms with Crippen LogP contribution >= 0.6 is 0 Å². The van der Waals surface area contributed by atoms with Gasteiger partial charge < -0.3 is 29.6 Å². The van der Waals surface area contributed by atoms with Crippen LogP contribution in [0.5, 0.6) is 11.5 Å². The number of alkyl halides is 2. The summed E-state index contributed by atoms with van der Waals surface area (Å²) in [6.07, 6.45) is 4.87. The zero-order valence-electron chi connectivity index (χ0n) is 20.0. The largest absolute Gasteiger partial charge is 0.493 e. The first-order valence-electron chi connectivity index (χ1n) is 12.3. The molecule has 4 heterocycles. The van der Waals surface area contributed by atoms with E-state index in [2.05, 4.69) is 15.2 Å². The molecule has 5 rings (SSSR count). The lowest BCUT2D eigenvalue weighted by atomic mass is 10.1. The number of methoxy groups -OCH3 is 1. The summed E-state index contributed by atoms with van der Waals surface area (Å²) in [6.45, 7) is 4.33. The Hall–Kier alpha value is -3.14. The number of likely N-dealkylation sites (tertiary alicyclic amines) is 1. The Labute approximate surface area is 203 Å². The average molecular weight is 487 g/mol. The summed E-state index contributed by atoms with van der Waals surface area (Å²) >= 11 is 0. The molecule has 35 heavy (non-hydrogen) atoms. The number of piperidine rings is 1. The number of fused-ring (bicyclic) bond motifs is 1. The van der Waals surface area contributed by atoms with E-state index >= 15 is 0 Å². The Kier molecular flexibility index (Phi) is 6.90. The van der Waals surface area contributed by atoms with E-state index in [4.69, 9.17) is 19.4 Å². The van der Waals surface area contributed by atoms with E-state index < -0.39 is 5.92 Å². The molecular formula is C25H32F2N6O2. The standard InChI is InChI=1S/C25H32F2N6O2/c1-34-20-16-18-19(17-21(20)35-15-5-12-32-10-2-3-11-32)29-24(33-13-7-25(26,27)8-14-33)31-23(18)30-22-6-4-9-28-22/h4,6,9,16-17,28H,2-3,5,7-8,10-15H2,1H3,(H,29,30,31). The van der Waals surface area contributed by atoms with Gasteiger partial charge in [0.15, 0.2) is 11.5 Å². The molecule has 2 aromatic heterocycles. The number of aromatic nitrogens is 3. The summed E-state index contributed by atoms with van der Waals surface area (Å²) in [5, 5.41) is 4.05. The van der Waals surface area contributed by atoms with Gasteiger partial charge in [0.2, 0.25) is 5.95 Å². The van der Waals surface area contributed by atoms with Crippen molar-refractivity contribution in [2.24, 2.45) is 0 Å². The minimum Gasteiger partial charge on any atom is -0.493 e. The van der Waals surface area contributed by atoms with Gasteiger partial charge in [-0.05, 0) is 50.6 Å². The van der Waals surface area contributed by atoms with Gasteiger partial charge in [-0.25, -0.2) is 13.8 Å². The summed E-state index contributed by atoms with van der Waals surface area (Å²) in [7, 11) is 1.61. The predicted molar refractivity (Wildman–Crippen MR) is 132 cm³/mol. The highest BCUT2D eigenvalue weighted by molar-refractivity contribution is 5.94. The van der Waals surface area contributed by atoms with Gasteiger partial charge in [-0.2, -0.15) is 4.98 Å². The van der Waals surface area contributed by atoms with Crippen LogP contribution in [-0.2, 0) is 0 Å². The van der Waals surface area contributed by atoms with E-state index in [0.29, 0.717) is 35.4 Å². The van der Waals surface area contributed by atoms with Crippen LogP contribution in [0.15, 0.2) is 30.5 Å². The molecule has 2 saturated heterocycles. The molecule has 2 aliphatic rings. The molecule has 2 N–H and O–H groups in total. The molecule has 2 aliphatic heterocycles. The van der Waals surface area contributed by atoms with E-state index in [9.17, 15) is 8.78 Å². The van der Waals surface area contributed by atoms with E-state index in [1.165, 1.54) is 12.8 Å². The summed E-state index contributed by atoms with van der Waals surface area (Å²) in [4.78, 5) is 16.8. The Morgan fingerprint density at radius 2 is 1.89 bits per heavy atom. The summed E-state index contributed by atoms with van der Waals surface area (Å²) in [6, 6.07) is 7.50. The molecule has 0 bridgehead atoms. The number of anilines is 3. The maximum Gasteiger partial charge on any atom is 0.251 e. The Balaban J connectivity index is 1.42. The van der Waals surface area contributed by atoms with E-state index in [0.717, 1.165) is 37.3 Å². The van der Waals surface area contributed by atoms with E-state index in [1.54, 1.807) is 7.11 Å². The SMILES string of the molecule is COc1cc2c(Nc3ccc[nH]3)nc(N3CCC(F)(F)CC3)nc2cc1OCCCN1CCCC1. The van der Waals surface area contributed by atoms with Gasteiger partial charge in [0, 0.05) is 50.1 Å². The lowest BCUT2D eigenvalue weighted by molar-refractivity contribution is -0.0222. The normalized spacial score (nSPS) is 18.2. The van der Waals surface area contributed by atoms with Crippen molar-refractivity contribution in [3.63, 3.8) is 0 Å². The highest BCUT2D eigenvalue weighted by Gasteiger charge is 2.35. The quantitative estimate of drug-likeness (QED) is 0.420. The molecule has 0 amide bonds. The molecule has 0 radical (unpaired) electrons. The lowest BCUT2D eigenvalue weighted by Gasteiger charge is -2.32. The van der Waals surface area contributed by atoms with Gasteiger partial charge in [-0.1, -0.05) is 0 Å². The molecule has 0 aliphatic carbocycles. The second kappa shape index (κ2) is 10.2. The van der Waals surface area contributed by atoms with Gasteiger partial charge in [0.25, 0.3) is 5.92 Å². The van der Waals surface area contributed by atoms with Crippen molar-refractivity contribution in [1.82, 2.24) is 19.9 Å². The fourth-order valence-corrected chi connectivity index (χ4v) is 4.68. The number of H-pyrrole nitrogens is 1. The number of benzene rings is 1. The van der Waals surface area contributed by atoms with Crippen LogP contribution in [0.4, 0.5) is 26.4 Å². The molecule has 0 unspecified atom stereocenters. The van der Waals surface area contributed by atoms with Gasteiger partial charge >= 0.3 is 0 Å². The molecule has 188 valence electrons. The number of nitrogens with zero attached hydrogens (tertiary/aromatic N) is 4. The third-order valence-electron chi connectivity index (χ3n) is 6.67. The lowest BCUT2D eigenvalue weighted by Crippen LogP contribution is -2.40. The second-order valence-corrected chi connectivity index (χ2v) is 9.19. The van der Waals surface area contributed by atoms with Crippen molar-refractivity contribution in [2.45, 2.75) is 38.0 Å². The Bertz CT molecular complexity index is 1120. The number of aromatic amines is 1. The van der Waals surface area contributed by atoms with Crippen molar-refractivity contribution < 1.29 is 18.3 Å². The highest BCUT2D eigenvalue weighted by atomic mass is 19.3. The monoisotopic (exact) mass is 486 g/mol. The van der Waals surface area contributed by atoms with E-state index in [-0.39, 0.29) is 25.9 Å². The fraction of sp³-hybridized carbons (Fsp3) is 0.520. The number of halogens is 2. The third kappa shape index (κ3) is 5.58. The van der Waals surface area contributed by atoms with Crippen molar-refractivity contribution in [3.05, 3.63) is 30.5 Å². The Morgan fingerprint density at radius 1 is 1.09 bits per heavy atom. The summed E-state index contributed by atoms with van der Waals surface area (Å²) in [5.41, 5.74) is 0.664. The fourth-order valence-electron chi connectivity index (χ4n) is 4.68. The average Bonchev–Trinajstić information content (AvgIpc) is 3.56. The van der Waals surface area contributed by atoms with Crippen LogP contribution in [0.3, 0.4) is 0 Å². The van der Waals surface area contributed by atoms with Gasteiger partial charge in [-0.3, -0.25) is 0 Å². The topological polar surface area (TPSA) is 78.5 Å². The van der Waals surface area contributed by atoms with Gasteiger partial charge in [-0.15, -0.1) is 0 Å². The van der Waals surface area contributed by atoms with Crippen LogP contribution in [0, 0.1) is 0 Å². The zero-order chi connectivity index (χ0) is 24.3. The first-order chi connectivity index (χ1) is 17.0. The van der Waals surface area contributed by atoms with Crippen LogP contribution in [0.2, 0.25) is 0 Å². The van der Waals surface area contributed by atoms with E-state index in [1.807, 2.05) is 35.4 Å². The molecule has 0 spiro atoms. The van der Waals surface area contributed by atoms with Crippen molar-refractivity contribution in [3.8, 4) is 11.5 Å². The first kappa shape index (κ1) is 23.6. The zero-order valence-corrected chi connectivity index (χ0v) is 20.0. The maximum absolute atomic E-state index is 13.7. The number of hydrogen-bond acceptors (Lipinski definition) is 7. The molecule has 0 saturated carbocycles. The molecule has 1 aromatic carbocycles. The number of ether oxygens (including phenoxy) is 2. The van der Waals surface area contributed by atoms with Crippen LogP contribution in [-0.4, -0.2) is 72.2 Å². The summed E-state index contributed by atoms with van der Waals surface area (Å²) in [5.74, 6) is 0.338. The minimum atomic E-state index is -2.64. The third-order valence-corrected chi connectivity index (χ3v) is 6.67. The van der Waals surface area contributed by atoms with Crippen LogP contribution in [0.25, 0.3) is 10.9 Å². The first-order valence-corrected chi connectivity index (χ1v) is 12.3. The molecule has 8 nitrogen and oxygen atoms in total. The maximum atomic E-state index is 13.7. The van der Waals surface area contributed by atoms with Crippen molar-refractivity contribution in [1.29, 1.82) is 0 Å². The summed E-state index contributed by atoms with van der Waals surface area (Å²) < 4.78 is 39.2. The number of rotatable bonds is 9. The minimum absolute atomic E-state index is 0.205. The molecular weight excluding hydrogens is 454 g/mol. The van der Waals surface area contributed by atoms with Gasteiger partial charge in [0.1, 0.15) is 11.6 Å². The second-order valence-electron chi connectivity index (χ2n) is 9.19. The molecule has 0 atom stereocenters.